The summed E-state index contributed by atoms with van der Waals surface area (Å²) >= 11 is 5.99. The van der Waals surface area contributed by atoms with E-state index in [9.17, 15) is 4.79 Å². The lowest BCUT2D eigenvalue weighted by Gasteiger charge is -2.28. The molecule has 0 aromatic heterocycles. The van der Waals surface area contributed by atoms with Gasteiger partial charge >= 0.3 is 0 Å². The number of methoxy groups -OCH3 is 1. The molecule has 0 bridgehead atoms. The molecule has 1 aliphatic rings. The molecule has 0 heterocycles. The number of benzene rings is 2. The number of anilines is 1. The fourth-order valence-corrected chi connectivity index (χ4v) is 3.45. The number of ether oxygens (including phenoxy) is 1. The molecule has 4 heteroatoms. The van der Waals surface area contributed by atoms with Gasteiger partial charge in [-0.25, -0.2) is 0 Å². The Labute approximate surface area is 141 Å². The maximum Gasteiger partial charge on any atom is 0.235 e. The van der Waals surface area contributed by atoms with Crippen molar-refractivity contribution in [3.05, 3.63) is 59.1 Å². The van der Waals surface area contributed by atoms with Gasteiger partial charge in [0.2, 0.25) is 5.91 Å². The molecule has 0 radical (unpaired) electrons. The van der Waals surface area contributed by atoms with Crippen LogP contribution in [0.3, 0.4) is 0 Å². The molecule has 1 amide bonds. The van der Waals surface area contributed by atoms with Gasteiger partial charge in [-0.15, -0.1) is 0 Å². The number of amides is 1. The monoisotopic (exact) mass is 329 g/mol. The van der Waals surface area contributed by atoms with Crippen LogP contribution in [-0.4, -0.2) is 13.0 Å². The molecular weight excluding hydrogens is 310 g/mol. The molecule has 0 spiro atoms. The lowest BCUT2D eigenvalue weighted by Crippen LogP contribution is -2.37. The summed E-state index contributed by atoms with van der Waals surface area (Å²) in [5.41, 5.74) is 1.38. The van der Waals surface area contributed by atoms with Gasteiger partial charge in [-0.3, -0.25) is 4.79 Å². The van der Waals surface area contributed by atoms with Gasteiger partial charge in [-0.1, -0.05) is 36.6 Å². The van der Waals surface area contributed by atoms with Crippen molar-refractivity contribution < 1.29 is 9.53 Å². The molecule has 1 N–H and O–H groups in total. The predicted octanol–water partition coefficient (Wildman–Crippen LogP) is 4.80. The smallest absolute Gasteiger partial charge is 0.235 e. The third-order valence-electron chi connectivity index (χ3n) is 4.64. The van der Waals surface area contributed by atoms with Crippen molar-refractivity contribution in [3.63, 3.8) is 0 Å². The predicted molar refractivity (Wildman–Crippen MR) is 93.2 cm³/mol. The van der Waals surface area contributed by atoms with E-state index in [0.717, 1.165) is 42.7 Å². The largest absolute Gasteiger partial charge is 0.497 e. The topological polar surface area (TPSA) is 38.3 Å². The third kappa shape index (κ3) is 3.20. The molecule has 1 aliphatic carbocycles. The summed E-state index contributed by atoms with van der Waals surface area (Å²) in [6.07, 6.45) is 3.88. The summed E-state index contributed by atoms with van der Waals surface area (Å²) in [5, 5.41) is 3.75. The van der Waals surface area contributed by atoms with Crippen LogP contribution in [0, 0.1) is 0 Å². The second kappa shape index (κ2) is 6.63. The van der Waals surface area contributed by atoms with Crippen molar-refractivity contribution in [1.82, 2.24) is 0 Å². The molecule has 3 rings (SSSR count). The number of nitrogens with one attached hydrogen (secondary N) is 1. The lowest BCUT2D eigenvalue weighted by molar-refractivity contribution is -0.121. The Bertz CT molecular complexity index is 674. The second-order valence-electron chi connectivity index (χ2n) is 5.98. The summed E-state index contributed by atoms with van der Waals surface area (Å²) < 4.78 is 5.15. The molecule has 0 aliphatic heterocycles. The Morgan fingerprint density at radius 2 is 1.65 bits per heavy atom. The van der Waals surface area contributed by atoms with Crippen molar-refractivity contribution >= 4 is 23.2 Å². The van der Waals surface area contributed by atoms with E-state index in [1.807, 2.05) is 48.5 Å². The highest BCUT2D eigenvalue weighted by atomic mass is 35.5. The molecule has 1 saturated carbocycles. The Hall–Kier alpha value is -2.00. The number of hydrogen-bond acceptors (Lipinski definition) is 2. The van der Waals surface area contributed by atoms with E-state index >= 15 is 0 Å². The van der Waals surface area contributed by atoms with Crippen molar-refractivity contribution in [3.8, 4) is 5.75 Å². The molecule has 1 fully saturated rings. The van der Waals surface area contributed by atoms with Gasteiger partial charge in [0.1, 0.15) is 5.75 Å². The van der Waals surface area contributed by atoms with Crippen LogP contribution in [0.4, 0.5) is 5.69 Å². The first-order valence-corrected chi connectivity index (χ1v) is 8.23. The van der Waals surface area contributed by atoms with Gasteiger partial charge in [0.25, 0.3) is 0 Å². The molecule has 0 saturated heterocycles. The minimum absolute atomic E-state index is 0.0579. The third-order valence-corrected chi connectivity index (χ3v) is 4.89. The Morgan fingerprint density at radius 3 is 2.22 bits per heavy atom. The van der Waals surface area contributed by atoms with Crippen LogP contribution >= 0.6 is 11.6 Å². The van der Waals surface area contributed by atoms with E-state index in [1.165, 1.54) is 0 Å². The summed E-state index contributed by atoms with van der Waals surface area (Å²) in [7, 11) is 1.63. The average Bonchev–Trinajstić information content (AvgIpc) is 3.07. The highest BCUT2D eigenvalue weighted by molar-refractivity contribution is 6.30. The normalized spacial score (nSPS) is 16.1. The zero-order valence-electron chi connectivity index (χ0n) is 13.1. The van der Waals surface area contributed by atoms with Gasteiger partial charge in [0.05, 0.1) is 12.5 Å². The van der Waals surface area contributed by atoms with Crippen LogP contribution in [0.15, 0.2) is 48.5 Å². The van der Waals surface area contributed by atoms with E-state index in [0.29, 0.717) is 5.02 Å². The number of carbonyl (C=O) groups excluding carboxylic acids is 1. The first-order valence-electron chi connectivity index (χ1n) is 7.86. The van der Waals surface area contributed by atoms with Gasteiger partial charge in [-0.2, -0.15) is 0 Å². The van der Waals surface area contributed by atoms with Gasteiger partial charge < -0.3 is 10.1 Å². The SMILES string of the molecule is COc1ccc(NC(=O)C2(c3ccc(Cl)cc3)CCCC2)cc1. The summed E-state index contributed by atoms with van der Waals surface area (Å²) in [6.45, 7) is 0. The van der Waals surface area contributed by atoms with Crippen LogP contribution < -0.4 is 10.1 Å². The molecule has 3 nitrogen and oxygen atoms in total. The van der Waals surface area contributed by atoms with Crippen molar-refractivity contribution in [2.75, 3.05) is 12.4 Å². The van der Waals surface area contributed by atoms with Crippen LogP contribution in [0.25, 0.3) is 0 Å². The maximum atomic E-state index is 13.0. The first kappa shape index (κ1) is 15.9. The van der Waals surface area contributed by atoms with E-state index in [1.54, 1.807) is 7.11 Å². The Balaban J connectivity index is 1.85. The number of hydrogen-bond donors (Lipinski definition) is 1. The summed E-state index contributed by atoms with van der Waals surface area (Å²) in [4.78, 5) is 13.0. The Morgan fingerprint density at radius 1 is 1.04 bits per heavy atom. The van der Waals surface area contributed by atoms with E-state index in [4.69, 9.17) is 16.3 Å². The highest BCUT2D eigenvalue weighted by Gasteiger charge is 2.42. The maximum absolute atomic E-state index is 13.0. The van der Waals surface area contributed by atoms with Crippen molar-refractivity contribution in [1.29, 1.82) is 0 Å². The second-order valence-corrected chi connectivity index (χ2v) is 6.42. The van der Waals surface area contributed by atoms with Crippen molar-refractivity contribution in [2.24, 2.45) is 0 Å². The zero-order valence-corrected chi connectivity index (χ0v) is 13.9. The minimum atomic E-state index is -0.454. The number of rotatable bonds is 4. The van der Waals surface area contributed by atoms with Crippen LogP contribution in [0.1, 0.15) is 31.2 Å². The Kier molecular flexibility index (Phi) is 4.58. The fraction of sp³-hybridized carbons (Fsp3) is 0.316. The highest BCUT2D eigenvalue weighted by Crippen LogP contribution is 2.42. The summed E-state index contributed by atoms with van der Waals surface area (Å²) in [5.74, 6) is 0.832. The van der Waals surface area contributed by atoms with Gasteiger partial charge in [0.15, 0.2) is 0 Å². The fourth-order valence-electron chi connectivity index (χ4n) is 3.32. The van der Waals surface area contributed by atoms with E-state index < -0.39 is 5.41 Å². The van der Waals surface area contributed by atoms with Gasteiger partial charge in [-0.05, 0) is 54.8 Å². The molecule has 0 atom stereocenters. The molecule has 120 valence electrons. The van der Waals surface area contributed by atoms with Crippen LogP contribution in [0.5, 0.6) is 5.75 Å². The first-order chi connectivity index (χ1) is 11.1. The molecule has 23 heavy (non-hydrogen) atoms. The van der Waals surface area contributed by atoms with Crippen LogP contribution in [-0.2, 0) is 10.2 Å². The standard InChI is InChI=1S/C19H20ClNO2/c1-23-17-10-8-16(9-11-17)21-18(22)19(12-2-3-13-19)14-4-6-15(20)7-5-14/h4-11H,2-3,12-13H2,1H3,(H,21,22). The average molecular weight is 330 g/mol. The number of halogens is 1. The van der Waals surface area contributed by atoms with Crippen LogP contribution in [0.2, 0.25) is 5.02 Å². The van der Waals surface area contributed by atoms with E-state index in [2.05, 4.69) is 5.32 Å². The lowest BCUT2D eigenvalue weighted by atomic mass is 9.78. The number of carbonyl (C=O) groups is 1. The molecule has 0 unspecified atom stereocenters. The van der Waals surface area contributed by atoms with Crippen molar-refractivity contribution in [2.45, 2.75) is 31.1 Å². The summed E-state index contributed by atoms with van der Waals surface area (Å²) in [6, 6.07) is 15.1. The van der Waals surface area contributed by atoms with Gasteiger partial charge in [0, 0.05) is 10.7 Å². The molecule has 2 aromatic rings. The van der Waals surface area contributed by atoms with E-state index in [-0.39, 0.29) is 5.91 Å². The molecular formula is C19H20ClNO2. The quantitative estimate of drug-likeness (QED) is 0.875. The zero-order chi connectivity index (χ0) is 16.3. The minimum Gasteiger partial charge on any atom is -0.497 e. The molecule has 2 aromatic carbocycles.